The van der Waals surface area contributed by atoms with Crippen molar-refractivity contribution in [3.63, 3.8) is 0 Å². The lowest BCUT2D eigenvalue weighted by atomic mass is 9.77. The first kappa shape index (κ1) is 33.3. The third-order valence-corrected chi connectivity index (χ3v) is 9.97. The number of nitrogens with zero attached hydrogens (tertiary/aromatic N) is 5. The van der Waals surface area contributed by atoms with Gasteiger partial charge in [-0.05, 0) is 49.0 Å². The van der Waals surface area contributed by atoms with Crippen molar-refractivity contribution in [2.24, 2.45) is 5.41 Å². The fourth-order valence-corrected chi connectivity index (χ4v) is 7.24. The van der Waals surface area contributed by atoms with Crippen LogP contribution in [0.2, 0.25) is 0 Å². The number of pyridine rings is 1. The average Bonchev–Trinajstić information content (AvgIpc) is 3.91. The predicted molar refractivity (Wildman–Crippen MR) is 177 cm³/mol. The summed E-state index contributed by atoms with van der Waals surface area (Å²) in [5.41, 5.74) is 1.08. The summed E-state index contributed by atoms with van der Waals surface area (Å²) in [6, 6.07) is 2.49. The highest BCUT2D eigenvalue weighted by Crippen LogP contribution is 2.47. The number of nitrogens with one attached hydrogen (secondary N) is 1. The van der Waals surface area contributed by atoms with Crippen LogP contribution in [0, 0.1) is 29.4 Å². The average molecular weight is 675 g/mol. The van der Waals surface area contributed by atoms with Crippen LogP contribution >= 0.6 is 0 Å². The van der Waals surface area contributed by atoms with Crippen LogP contribution in [-0.4, -0.2) is 109 Å². The largest absolute Gasteiger partial charge is 0.463 e. The van der Waals surface area contributed by atoms with Crippen molar-refractivity contribution in [3.8, 4) is 18.4 Å². The third-order valence-electron chi connectivity index (χ3n) is 9.97. The Bertz CT molecular complexity index is 1790. The predicted octanol–water partition coefficient (Wildman–Crippen LogP) is 2.72. The van der Waals surface area contributed by atoms with E-state index in [0.29, 0.717) is 61.8 Å². The molecule has 11 nitrogen and oxygen atoms in total. The molecule has 2 aromatic heterocycles. The number of hydrogen-bond donors (Lipinski definition) is 2. The molecule has 1 aromatic carbocycles. The van der Waals surface area contributed by atoms with Gasteiger partial charge in [-0.25, -0.2) is 8.78 Å². The zero-order valence-electron chi connectivity index (χ0n) is 27.3. The van der Waals surface area contributed by atoms with Gasteiger partial charge in [0.2, 0.25) is 5.91 Å². The highest BCUT2D eigenvalue weighted by molar-refractivity contribution is 5.90. The molecule has 2 aliphatic heterocycles. The molecule has 0 radical (unpaired) electrons. The zero-order chi connectivity index (χ0) is 34.1. The van der Waals surface area contributed by atoms with Crippen LogP contribution < -0.4 is 15.0 Å². The van der Waals surface area contributed by atoms with Crippen LogP contribution in [0.3, 0.4) is 0 Å². The molecule has 0 spiro atoms. The molecule has 258 valence electrons. The molecule has 3 aromatic rings. The van der Waals surface area contributed by atoms with E-state index in [0.717, 1.165) is 32.5 Å². The number of terminal acetylenes is 1. The fraction of sp³-hybridized carbons (Fsp3) is 0.500. The number of amides is 1. The van der Waals surface area contributed by atoms with Gasteiger partial charge in [-0.15, -0.1) is 6.42 Å². The number of aromatic nitrogens is 3. The summed E-state index contributed by atoms with van der Waals surface area (Å²) in [6.07, 6.45) is 10.0. The van der Waals surface area contributed by atoms with Crippen molar-refractivity contribution in [1.29, 1.82) is 0 Å². The number of ether oxygens (including phenoxy) is 3. The highest BCUT2D eigenvalue weighted by atomic mass is 19.1. The Balaban J connectivity index is 1.28. The summed E-state index contributed by atoms with van der Waals surface area (Å²) in [6.45, 7) is 9.26. The van der Waals surface area contributed by atoms with Crippen molar-refractivity contribution < 1.29 is 32.9 Å². The number of carbonyl (C=O) groups is 1. The maximum Gasteiger partial charge on any atom is 0.319 e. The van der Waals surface area contributed by atoms with Gasteiger partial charge in [0.25, 0.3) is 0 Å². The molecular formula is C36H40F2N6O5. The van der Waals surface area contributed by atoms with E-state index in [4.69, 9.17) is 25.6 Å². The van der Waals surface area contributed by atoms with Gasteiger partial charge in [0.1, 0.15) is 17.2 Å². The minimum absolute atomic E-state index is 0.00602. The molecular weight excluding hydrogens is 634 g/mol. The first-order valence-electron chi connectivity index (χ1n) is 16.8. The molecule has 13 heteroatoms. The fourth-order valence-electron chi connectivity index (χ4n) is 7.24. The van der Waals surface area contributed by atoms with Gasteiger partial charge in [-0.2, -0.15) is 9.97 Å². The number of rotatable bonds is 9. The van der Waals surface area contributed by atoms with Crippen LogP contribution in [0.25, 0.3) is 10.9 Å². The van der Waals surface area contributed by atoms with Crippen molar-refractivity contribution in [2.75, 3.05) is 70.7 Å². The third kappa shape index (κ3) is 6.96. The summed E-state index contributed by atoms with van der Waals surface area (Å²) in [7, 11) is 0. The van der Waals surface area contributed by atoms with E-state index in [1.165, 1.54) is 18.3 Å². The number of carbonyl (C=O) groups excluding carboxylic acids is 1. The number of hydrogen-bond acceptors (Lipinski definition) is 10. The quantitative estimate of drug-likeness (QED) is 0.259. The number of aliphatic hydroxyl groups excluding tert-OH is 1. The Morgan fingerprint density at radius 3 is 2.76 bits per heavy atom. The number of benzene rings is 1. The number of morpholine rings is 1. The molecule has 2 N–H and O–H groups in total. The van der Waals surface area contributed by atoms with Crippen LogP contribution in [-0.2, 0) is 20.7 Å². The van der Waals surface area contributed by atoms with Crippen molar-refractivity contribution in [1.82, 2.24) is 25.2 Å². The highest BCUT2D eigenvalue weighted by Gasteiger charge is 2.45. The van der Waals surface area contributed by atoms with Crippen molar-refractivity contribution in [2.45, 2.75) is 43.7 Å². The Morgan fingerprint density at radius 2 is 2.00 bits per heavy atom. The monoisotopic (exact) mass is 674 g/mol. The van der Waals surface area contributed by atoms with Crippen LogP contribution in [0.4, 0.5) is 14.6 Å². The van der Waals surface area contributed by atoms with Gasteiger partial charge < -0.3 is 29.5 Å². The lowest BCUT2D eigenvalue weighted by Gasteiger charge is -2.31. The summed E-state index contributed by atoms with van der Waals surface area (Å²) in [5.74, 6) is 0.371. The minimum Gasteiger partial charge on any atom is -0.463 e. The van der Waals surface area contributed by atoms with Gasteiger partial charge in [0, 0.05) is 50.3 Å². The summed E-state index contributed by atoms with van der Waals surface area (Å²) < 4.78 is 49.4. The minimum atomic E-state index is -0.805. The molecule has 2 unspecified atom stereocenters. The Labute approximate surface area is 283 Å². The van der Waals surface area contributed by atoms with Crippen molar-refractivity contribution in [3.05, 3.63) is 65.0 Å². The summed E-state index contributed by atoms with van der Waals surface area (Å²) in [4.78, 5) is 30.4. The van der Waals surface area contributed by atoms with E-state index in [-0.39, 0.29) is 59.6 Å². The molecule has 4 aliphatic rings. The maximum atomic E-state index is 16.9. The molecule has 0 bridgehead atoms. The number of aliphatic hydroxyl groups is 1. The molecule has 3 fully saturated rings. The lowest BCUT2D eigenvalue weighted by Crippen LogP contribution is -2.44. The first-order valence-corrected chi connectivity index (χ1v) is 16.8. The molecule has 2 saturated heterocycles. The number of fused-ring (bicyclic) bond motifs is 2. The topological polar surface area (TPSA) is 122 Å². The van der Waals surface area contributed by atoms with E-state index in [1.54, 1.807) is 6.07 Å². The summed E-state index contributed by atoms with van der Waals surface area (Å²) in [5, 5.41) is 14.0. The molecule has 1 saturated carbocycles. The molecule has 7 rings (SSSR count). The van der Waals surface area contributed by atoms with E-state index in [2.05, 4.69) is 32.7 Å². The SMILES string of the molecule is C#Cc1c(F)ccc2c1C(c1ncc3c(N4CCOC[C@@H](NC(=O)C=C)C4)nc(OCC4(CN5CCOCC5)CC4)nc3c1F)CC(O)C2. The van der Waals surface area contributed by atoms with Gasteiger partial charge in [0.05, 0.1) is 61.8 Å². The second-order valence-electron chi connectivity index (χ2n) is 13.4. The molecule has 3 atom stereocenters. The second-order valence-corrected chi connectivity index (χ2v) is 13.4. The Hall–Kier alpha value is -4.22. The van der Waals surface area contributed by atoms with Gasteiger partial charge in [0.15, 0.2) is 5.82 Å². The van der Waals surface area contributed by atoms with E-state index in [1.807, 2.05) is 4.90 Å². The summed E-state index contributed by atoms with van der Waals surface area (Å²) >= 11 is 0. The van der Waals surface area contributed by atoms with Gasteiger partial charge in [-0.3, -0.25) is 14.7 Å². The zero-order valence-corrected chi connectivity index (χ0v) is 27.3. The van der Waals surface area contributed by atoms with Crippen LogP contribution in [0.5, 0.6) is 6.01 Å². The molecule has 49 heavy (non-hydrogen) atoms. The standard InChI is InChI=1S/C36H40F2N6O5/c1-3-25-28(37)6-5-22-15-24(45)16-26(30(22)25)32-31(38)33-27(17-39-32)34(44-11-14-48-19-23(18-44)40-29(46)4-2)42-35(41-33)49-21-36(7-8-36)20-43-9-12-47-13-10-43/h1,4-6,17,23-24,26,45H,2,7-16,18-21H2,(H,40,46)/t23-,24?,26?/m0/s1. The van der Waals surface area contributed by atoms with Gasteiger partial charge in [-0.1, -0.05) is 18.6 Å². The van der Waals surface area contributed by atoms with E-state index >= 15 is 4.39 Å². The maximum absolute atomic E-state index is 16.9. The van der Waals surface area contributed by atoms with Crippen LogP contribution in [0.1, 0.15) is 47.6 Å². The number of anilines is 1. The Kier molecular flexibility index (Phi) is 9.48. The van der Waals surface area contributed by atoms with Crippen LogP contribution in [0.15, 0.2) is 31.0 Å². The van der Waals surface area contributed by atoms with Crippen molar-refractivity contribution >= 4 is 22.6 Å². The normalized spacial score (nSPS) is 23.6. The van der Waals surface area contributed by atoms with E-state index < -0.39 is 23.7 Å². The lowest BCUT2D eigenvalue weighted by molar-refractivity contribution is -0.117. The molecule has 1 amide bonds. The second kappa shape index (κ2) is 14.0. The Morgan fingerprint density at radius 1 is 1.20 bits per heavy atom. The first-order chi connectivity index (χ1) is 23.8. The molecule has 4 heterocycles. The van der Waals surface area contributed by atoms with E-state index in [9.17, 15) is 14.3 Å². The molecule has 2 aliphatic carbocycles. The van der Waals surface area contributed by atoms with Gasteiger partial charge >= 0.3 is 6.01 Å². The number of halogens is 2. The smallest absolute Gasteiger partial charge is 0.319 e.